The van der Waals surface area contributed by atoms with Crippen molar-refractivity contribution in [3.63, 3.8) is 0 Å². The molecule has 0 spiro atoms. The Balaban J connectivity index is 2.03. The number of hydrazone groups is 1. The highest BCUT2D eigenvalue weighted by Crippen LogP contribution is 2.29. The number of nitrogens with one attached hydrogen (secondary N) is 2. The molecule has 0 aliphatic carbocycles. The molecule has 0 aliphatic rings. The SMILES string of the molecule is CCNC(=S)N/N=C\c1ccc(OCc2ccc(Cl)cc2Cl)c(OC)c1. The average Bonchev–Trinajstić information content (AvgIpc) is 2.61. The van der Waals surface area contributed by atoms with Crippen LogP contribution in [-0.2, 0) is 6.61 Å². The highest BCUT2D eigenvalue weighted by Gasteiger charge is 2.08. The van der Waals surface area contributed by atoms with Crippen molar-refractivity contribution in [1.29, 1.82) is 0 Å². The van der Waals surface area contributed by atoms with Crippen molar-refractivity contribution in [2.75, 3.05) is 13.7 Å². The Hall–Kier alpha value is -2.02. The van der Waals surface area contributed by atoms with Crippen molar-refractivity contribution in [2.45, 2.75) is 13.5 Å². The molecule has 26 heavy (non-hydrogen) atoms. The van der Waals surface area contributed by atoms with Crippen molar-refractivity contribution in [3.05, 3.63) is 57.6 Å². The normalized spacial score (nSPS) is 10.6. The van der Waals surface area contributed by atoms with Gasteiger partial charge in [0, 0.05) is 22.2 Å². The Labute approximate surface area is 168 Å². The van der Waals surface area contributed by atoms with Gasteiger partial charge in [-0.25, -0.2) is 0 Å². The number of nitrogens with zero attached hydrogens (tertiary/aromatic N) is 1. The van der Waals surface area contributed by atoms with Crippen LogP contribution in [0.3, 0.4) is 0 Å². The molecule has 0 fully saturated rings. The van der Waals surface area contributed by atoms with Crippen LogP contribution >= 0.6 is 35.4 Å². The maximum absolute atomic E-state index is 6.16. The van der Waals surface area contributed by atoms with Gasteiger partial charge in [-0.2, -0.15) is 5.10 Å². The predicted octanol–water partition coefficient (Wildman–Crippen LogP) is 4.40. The number of halogens is 2. The first-order valence-corrected chi connectivity index (χ1v) is 9.01. The molecule has 2 aromatic rings. The first kappa shape index (κ1) is 20.3. The number of thiocarbonyl (C=S) groups is 1. The minimum atomic E-state index is 0.304. The van der Waals surface area contributed by atoms with Crippen LogP contribution < -0.4 is 20.2 Å². The van der Waals surface area contributed by atoms with Crippen LogP contribution in [0.4, 0.5) is 0 Å². The molecule has 2 N–H and O–H groups in total. The van der Waals surface area contributed by atoms with Gasteiger partial charge in [-0.3, -0.25) is 5.43 Å². The molecule has 0 bridgehead atoms. The van der Waals surface area contributed by atoms with Crippen LogP contribution in [0.5, 0.6) is 11.5 Å². The number of hydrogen-bond acceptors (Lipinski definition) is 4. The Morgan fingerprint density at radius 1 is 1.19 bits per heavy atom. The van der Waals surface area contributed by atoms with Gasteiger partial charge >= 0.3 is 0 Å². The summed E-state index contributed by atoms with van der Waals surface area (Å²) < 4.78 is 11.2. The summed E-state index contributed by atoms with van der Waals surface area (Å²) in [4.78, 5) is 0. The molecule has 0 saturated carbocycles. The molecular weight excluding hydrogens is 393 g/mol. The first-order valence-electron chi connectivity index (χ1n) is 7.85. The second kappa shape index (κ2) is 10.2. The molecule has 2 aromatic carbocycles. The van der Waals surface area contributed by atoms with Crippen molar-refractivity contribution < 1.29 is 9.47 Å². The fraction of sp³-hybridized carbons (Fsp3) is 0.222. The lowest BCUT2D eigenvalue weighted by Gasteiger charge is -2.12. The smallest absolute Gasteiger partial charge is 0.186 e. The largest absolute Gasteiger partial charge is 0.493 e. The van der Waals surface area contributed by atoms with Gasteiger partial charge in [0.05, 0.1) is 13.3 Å². The number of hydrogen-bond donors (Lipinski definition) is 2. The molecule has 5 nitrogen and oxygen atoms in total. The maximum Gasteiger partial charge on any atom is 0.186 e. The highest BCUT2D eigenvalue weighted by molar-refractivity contribution is 7.80. The van der Waals surface area contributed by atoms with Crippen LogP contribution in [-0.4, -0.2) is 25.0 Å². The molecule has 0 unspecified atom stereocenters. The molecule has 0 aromatic heterocycles. The lowest BCUT2D eigenvalue weighted by atomic mass is 10.2. The van der Waals surface area contributed by atoms with E-state index < -0.39 is 0 Å². The summed E-state index contributed by atoms with van der Waals surface area (Å²) in [6, 6.07) is 10.8. The van der Waals surface area contributed by atoms with Gasteiger partial charge in [-0.1, -0.05) is 29.3 Å². The third kappa shape index (κ3) is 6.05. The second-order valence-electron chi connectivity index (χ2n) is 5.16. The molecule has 0 atom stereocenters. The maximum atomic E-state index is 6.16. The fourth-order valence-corrected chi connectivity index (χ4v) is 2.70. The number of ether oxygens (including phenoxy) is 2. The van der Waals surface area contributed by atoms with Gasteiger partial charge in [-0.05, 0) is 55.0 Å². The number of benzene rings is 2. The zero-order valence-electron chi connectivity index (χ0n) is 14.4. The Morgan fingerprint density at radius 3 is 2.69 bits per heavy atom. The molecule has 0 heterocycles. The number of methoxy groups -OCH3 is 1. The van der Waals surface area contributed by atoms with E-state index in [9.17, 15) is 0 Å². The molecule has 0 amide bonds. The topological polar surface area (TPSA) is 54.9 Å². The van der Waals surface area contributed by atoms with Crippen molar-refractivity contribution in [3.8, 4) is 11.5 Å². The van der Waals surface area contributed by atoms with Crippen LogP contribution in [0.25, 0.3) is 0 Å². The van der Waals surface area contributed by atoms with Crippen molar-refractivity contribution >= 4 is 46.7 Å². The third-order valence-electron chi connectivity index (χ3n) is 3.30. The molecule has 138 valence electrons. The van der Waals surface area contributed by atoms with Crippen molar-refractivity contribution in [1.82, 2.24) is 10.7 Å². The van der Waals surface area contributed by atoms with Gasteiger partial charge in [0.15, 0.2) is 16.6 Å². The van der Waals surface area contributed by atoms with Gasteiger partial charge < -0.3 is 14.8 Å². The summed E-state index contributed by atoms with van der Waals surface area (Å²) in [6.07, 6.45) is 1.64. The fourth-order valence-electron chi connectivity index (χ4n) is 2.04. The molecular formula is C18H19Cl2N3O2S. The van der Waals surface area contributed by atoms with Gasteiger partial charge in [0.25, 0.3) is 0 Å². The van der Waals surface area contributed by atoms with Crippen LogP contribution in [0.2, 0.25) is 10.0 Å². The summed E-state index contributed by atoms with van der Waals surface area (Å²) in [5, 5.41) is 8.63. The summed E-state index contributed by atoms with van der Waals surface area (Å²) in [5.41, 5.74) is 4.41. The van der Waals surface area contributed by atoms with E-state index in [2.05, 4.69) is 15.8 Å². The quantitative estimate of drug-likeness (QED) is 0.401. The van der Waals surface area contributed by atoms with Gasteiger partial charge in [0.2, 0.25) is 0 Å². The molecule has 0 radical (unpaired) electrons. The summed E-state index contributed by atoms with van der Waals surface area (Å²) in [6.45, 7) is 3.00. The Morgan fingerprint density at radius 2 is 2.00 bits per heavy atom. The standard InChI is InChI=1S/C18H19Cl2N3O2S/c1-3-21-18(26)23-22-10-12-4-7-16(17(8-12)24-2)25-11-13-5-6-14(19)9-15(13)20/h4-10H,3,11H2,1-2H3,(H2,21,23,26)/b22-10-. The van der Waals surface area contributed by atoms with Gasteiger partial charge in [0.1, 0.15) is 6.61 Å². The molecule has 8 heteroatoms. The molecule has 0 saturated heterocycles. The molecule has 2 rings (SSSR count). The Kier molecular flexibility index (Phi) is 7.97. The summed E-state index contributed by atoms with van der Waals surface area (Å²) >= 11 is 17.1. The summed E-state index contributed by atoms with van der Waals surface area (Å²) in [5.74, 6) is 1.19. The third-order valence-corrected chi connectivity index (χ3v) is 4.13. The average molecular weight is 412 g/mol. The lowest BCUT2D eigenvalue weighted by molar-refractivity contribution is 0.284. The lowest BCUT2D eigenvalue weighted by Crippen LogP contribution is -2.31. The van der Waals surface area contributed by atoms with E-state index in [0.29, 0.717) is 33.3 Å². The second-order valence-corrected chi connectivity index (χ2v) is 6.42. The van der Waals surface area contributed by atoms with Crippen LogP contribution in [0, 0.1) is 0 Å². The zero-order valence-corrected chi connectivity index (χ0v) is 16.7. The zero-order chi connectivity index (χ0) is 18.9. The monoisotopic (exact) mass is 411 g/mol. The molecule has 0 aliphatic heterocycles. The van der Waals surface area contributed by atoms with Crippen LogP contribution in [0.1, 0.15) is 18.1 Å². The Bertz CT molecular complexity index is 800. The minimum Gasteiger partial charge on any atom is -0.493 e. The van der Waals surface area contributed by atoms with Crippen LogP contribution in [0.15, 0.2) is 41.5 Å². The van der Waals surface area contributed by atoms with E-state index in [-0.39, 0.29) is 0 Å². The first-order chi connectivity index (χ1) is 12.5. The van der Waals surface area contributed by atoms with E-state index in [1.165, 1.54) is 0 Å². The number of rotatable bonds is 7. The predicted molar refractivity (Wildman–Crippen MR) is 111 cm³/mol. The summed E-state index contributed by atoms with van der Waals surface area (Å²) in [7, 11) is 1.58. The minimum absolute atomic E-state index is 0.304. The van der Waals surface area contributed by atoms with Gasteiger partial charge in [-0.15, -0.1) is 0 Å². The van der Waals surface area contributed by atoms with E-state index in [1.54, 1.807) is 25.5 Å². The van der Waals surface area contributed by atoms with Crippen molar-refractivity contribution in [2.24, 2.45) is 5.10 Å². The highest BCUT2D eigenvalue weighted by atomic mass is 35.5. The van der Waals surface area contributed by atoms with E-state index >= 15 is 0 Å². The van der Waals surface area contributed by atoms with E-state index in [4.69, 9.17) is 44.9 Å². The van der Waals surface area contributed by atoms with E-state index in [1.807, 2.05) is 31.2 Å². The van der Waals surface area contributed by atoms with E-state index in [0.717, 1.165) is 17.7 Å².